The molecular weight excluding hydrogens is 240 g/mol. The van der Waals surface area contributed by atoms with E-state index in [1.54, 1.807) is 0 Å². The minimum absolute atomic E-state index is 0.142. The van der Waals surface area contributed by atoms with Crippen LogP contribution >= 0.6 is 0 Å². The number of urea groups is 1. The second-order valence-corrected chi connectivity index (χ2v) is 5.19. The molecule has 4 heteroatoms. The Morgan fingerprint density at radius 1 is 1.32 bits per heavy atom. The third kappa shape index (κ3) is 4.16. The zero-order valence-electron chi connectivity index (χ0n) is 11.7. The van der Waals surface area contributed by atoms with Gasteiger partial charge in [-0.1, -0.05) is 30.5 Å². The highest BCUT2D eigenvalue weighted by molar-refractivity contribution is 5.74. The predicted molar refractivity (Wildman–Crippen MR) is 75.3 cm³/mol. The largest absolute Gasteiger partial charge is 0.473 e. The number of rotatable bonds is 4. The minimum atomic E-state index is -0.142. The van der Waals surface area contributed by atoms with Gasteiger partial charge in [-0.05, 0) is 38.3 Å². The van der Waals surface area contributed by atoms with Gasteiger partial charge < -0.3 is 15.4 Å². The number of ether oxygens (including phenoxy) is 1. The Balaban J connectivity index is 1.72. The number of carbonyl (C=O) groups is 1. The van der Waals surface area contributed by atoms with E-state index in [1.807, 2.05) is 26.0 Å². The van der Waals surface area contributed by atoms with Crippen LogP contribution in [0.3, 0.4) is 0 Å². The molecule has 2 rings (SSSR count). The SMILES string of the molecule is Cc1ccc(OCNC(=O)NC2CCCC2)c(C)c1. The van der Waals surface area contributed by atoms with Crippen molar-refractivity contribution in [2.24, 2.45) is 0 Å². The molecule has 2 amide bonds. The Morgan fingerprint density at radius 2 is 2.05 bits per heavy atom. The van der Waals surface area contributed by atoms with Crippen LogP contribution in [0.4, 0.5) is 4.79 Å². The molecule has 1 aliphatic rings. The van der Waals surface area contributed by atoms with Gasteiger partial charge in [-0.2, -0.15) is 0 Å². The van der Waals surface area contributed by atoms with Gasteiger partial charge in [-0.15, -0.1) is 0 Å². The Bertz CT molecular complexity index is 440. The zero-order valence-corrected chi connectivity index (χ0v) is 11.7. The second kappa shape index (κ2) is 6.45. The number of hydrogen-bond acceptors (Lipinski definition) is 2. The maximum atomic E-state index is 11.6. The number of amides is 2. The monoisotopic (exact) mass is 262 g/mol. The molecule has 1 aliphatic carbocycles. The summed E-state index contributed by atoms with van der Waals surface area (Å²) in [5.41, 5.74) is 2.29. The fourth-order valence-corrected chi connectivity index (χ4v) is 2.45. The van der Waals surface area contributed by atoms with Gasteiger partial charge in [-0.25, -0.2) is 4.79 Å². The first-order valence-corrected chi connectivity index (χ1v) is 6.89. The van der Waals surface area contributed by atoms with Gasteiger partial charge in [0.25, 0.3) is 0 Å². The molecule has 4 nitrogen and oxygen atoms in total. The summed E-state index contributed by atoms with van der Waals surface area (Å²) in [6.07, 6.45) is 4.60. The van der Waals surface area contributed by atoms with Gasteiger partial charge >= 0.3 is 6.03 Å². The first-order valence-electron chi connectivity index (χ1n) is 6.89. The number of aryl methyl sites for hydroxylation is 2. The van der Waals surface area contributed by atoms with Crippen LogP contribution < -0.4 is 15.4 Å². The topological polar surface area (TPSA) is 50.4 Å². The molecule has 0 radical (unpaired) electrons. The lowest BCUT2D eigenvalue weighted by molar-refractivity contribution is 0.220. The van der Waals surface area contributed by atoms with E-state index in [2.05, 4.69) is 16.7 Å². The number of nitrogens with one attached hydrogen (secondary N) is 2. The van der Waals surface area contributed by atoms with Crippen molar-refractivity contribution >= 4 is 6.03 Å². The molecule has 0 unspecified atom stereocenters. The molecule has 0 bridgehead atoms. The first-order chi connectivity index (χ1) is 9.15. The molecule has 0 saturated heterocycles. The molecule has 0 aliphatic heterocycles. The van der Waals surface area contributed by atoms with Crippen molar-refractivity contribution in [3.63, 3.8) is 0 Å². The van der Waals surface area contributed by atoms with E-state index in [4.69, 9.17) is 4.74 Å². The van der Waals surface area contributed by atoms with E-state index in [0.717, 1.165) is 24.2 Å². The summed E-state index contributed by atoms with van der Waals surface area (Å²) in [5, 5.41) is 5.69. The summed E-state index contributed by atoms with van der Waals surface area (Å²) in [7, 11) is 0. The summed E-state index contributed by atoms with van der Waals surface area (Å²) >= 11 is 0. The molecule has 0 heterocycles. The number of hydrogen-bond donors (Lipinski definition) is 2. The van der Waals surface area contributed by atoms with E-state index >= 15 is 0 Å². The van der Waals surface area contributed by atoms with E-state index < -0.39 is 0 Å². The van der Waals surface area contributed by atoms with E-state index in [9.17, 15) is 4.79 Å². The molecule has 1 saturated carbocycles. The lowest BCUT2D eigenvalue weighted by Crippen LogP contribution is -2.42. The highest BCUT2D eigenvalue weighted by Gasteiger charge is 2.16. The Kier molecular flexibility index (Phi) is 4.66. The van der Waals surface area contributed by atoms with Gasteiger partial charge in [0, 0.05) is 6.04 Å². The highest BCUT2D eigenvalue weighted by atomic mass is 16.5. The fraction of sp³-hybridized carbons (Fsp3) is 0.533. The van der Waals surface area contributed by atoms with E-state index in [0.29, 0.717) is 6.04 Å². The molecule has 1 aromatic carbocycles. The van der Waals surface area contributed by atoms with Crippen molar-refractivity contribution in [2.45, 2.75) is 45.6 Å². The zero-order chi connectivity index (χ0) is 13.7. The van der Waals surface area contributed by atoms with E-state index in [-0.39, 0.29) is 12.8 Å². The second-order valence-electron chi connectivity index (χ2n) is 5.19. The standard InChI is InChI=1S/C15H22N2O2/c1-11-7-8-14(12(2)9-11)19-10-16-15(18)17-13-5-3-4-6-13/h7-9,13H,3-6,10H2,1-2H3,(H2,16,17,18). The van der Waals surface area contributed by atoms with Crippen LogP contribution in [0, 0.1) is 13.8 Å². The van der Waals surface area contributed by atoms with Crippen molar-refractivity contribution < 1.29 is 9.53 Å². The quantitative estimate of drug-likeness (QED) is 0.820. The van der Waals surface area contributed by atoms with Crippen LogP contribution in [0.1, 0.15) is 36.8 Å². The Labute approximate surface area is 114 Å². The van der Waals surface area contributed by atoms with Crippen LogP contribution in [-0.2, 0) is 0 Å². The van der Waals surface area contributed by atoms with Crippen LogP contribution in [0.5, 0.6) is 5.75 Å². The molecule has 1 aromatic rings. The van der Waals surface area contributed by atoms with Crippen LogP contribution in [-0.4, -0.2) is 18.8 Å². The summed E-state index contributed by atoms with van der Waals surface area (Å²) in [6, 6.07) is 6.19. The van der Waals surface area contributed by atoms with Crippen molar-refractivity contribution in [1.82, 2.24) is 10.6 Å². The summed E-state index contributed by atoms with van der Waals surface area (Å²) < 4.78 is 5.55. The van der Waals surface area contributed by atoms with Crippen molar-refractivity contribution in [2.75, 3.05) is 6.73 Å². The summed E-state index contributed by atoms with van der Waals surface area (Å²) in [6.45, 7) is 4.24. The first kappa shape index (κ1) is 13.7. The fourth-order valence-electron chi connectivity index (χ4n) is 2.45. The van der Waals surface area contributed by atoms with Gasteiger partial charge in [0.2, 0.25) is 0 Å². The average Bonchev–Trinajstić information content (AvgIpc) is 2.84. The normalized spacial score (nSPS) is 15.3. The third-order valence-corrected chi connectivity index (χ3v) is 3.48. The predicted octanol–water partition coefficient (Wildman–Crippen LogP) is 2.88. The van der Waals surface area contributed by atoms with Crippen LogP contribution in [0.25, 0.3) is 0 Å². The number of carbonyl (C=O) groups excluding carboxylic acids is 1. The highest BCUT2D eigenvalue weighted by Crippen LogP contribution is 2.18. The molecule has 19 heavy (non-hydrogen) atoms. The third-order valence-electron chi connectivity index (χ3n) is 3.48. The summed E-state index contributed by atoms with van der Waals surface area (Å²) in [5.74, 6) is 0.812. The molecule has 0 atom stereocenters. The van der Waals surface area contributed by atoms with E-state index in [1.165, 1.54) is 18.4 Å². The Morgan fingerprint density at radius 3 is 2.74 bits per heavy atom. The summed E-state index contributed by atoms with van der Waals surface area (Å²) in [4.78, 5) is 11.6. The van der Waals surface area contributed by atoms with Gasteiger partial charge in [0.05, 0.1) is 0 Å². The smallest absolute Gasteiger partial charge is 0.317 e. The van der Waals surface area contributed by atoms with Gasteiger partial charge in [0.15, 0.2) is 6.73 Å². The van der Waals surface area contributed by atoms with Crippen molar-refractivity contribution in [3.05, 3.63) is 29.3 Å². The minimum Gasteiger partial charge on any atom is -0.473 e. The maximum absolute atomic E-state index is 11.6. The van der Waals surface area contributed by atoms with Gasteiger partial charge in [-0.3, -0.25) is 0 Å². The van der Waals surface area contributed by atoms with Crippen molar-refractivity contribution in [3.8, 4) is 5.75 Å². The number of benzene rings is 1. The molecule has 104 valence electrons. The van der Waals surface area contributed by atoms with Crippen LogP contribution in [0.15, 0.2) is 18.2 Å². The van der Waals surface area contributed by atoms with Crippen molar-refractivity contribution in [1.29, 1.82) is 0 Å². The van der Waals surface area contributed by atoms with Gasteiger partial charge in [0.1, 0.15) is 5.75 Å². The molecule has 0 spiro atoms. The lowest BCUT2D eigenvalue weighted by atomic mass is 10.1. The van der Waals surface area contributed by atoms with Crippen LogP contribution in [0.2, 0.25) is 0 Å². The molecule has 2 N–H and O–H groups in total. The molecule has 1 fully saturated rings. The molecular formula is C15H22N2O2. The molecule has 0 aromatic heterocycles. The lowest BCUT2D eigenvalue weighted by Gasteiger charge is -2.14. The Hall–Kier alpha value is -1.71. The average molecular weight is 262 g/mol. The maximum Gasteiger partial charge on any atom is 0.317 e.